The molecule has 31 heavy (non-hydrogen) atoms. The molecule has 7 heteroatoms. The number of rotatable bonds is 6. The number of pyridine rings is 1. The molecule has 0 unspecified atom stereocenters. The third-order valence-electron chi connectivity index (χ3n) is 4.99. The number of thiazole rings is 1. The summed E-state index contributed by atoms with van der Waals surface area (Å²) in [6.45, 7) is 4.47. The molecule has 0 radical (unpaired) electrons. The summed E-state index contributed by atoms with van der Waals surface area (Å²) in [6, 6.07) is 13.2. The maximum atomic E-state index is 13.6. The summed E-state index contributed by atoms with van der Waals surface area (Å²) in [6.07, 6.45) is 3.48. The van der Waals surface area contributed by atoms with Crippen LogP contribution in [0.15, 0.2) is 54.9 Å². The molecule has 0 bridgehead atoms. The van der Waals surface area contributed by atoms with Crippen LogP contribution in [0.4, 0.5) is 5.13 Å². The summed E-state index contributed by atoms with van der Waals surface area (Å²) in [4.78, 5) is 24.3. The lowest BCUT2D eigenvalue weighted by Crippen LogP contribution is -2.30. The van der Waals surface area contributed by atoms with Gasteiger partial charge in [-0.25, -0.2) is 4.98 Å². The van der Waals surface area contributed by atoms with Crippen molar-refractivity contribution in [2.45, 2.75) is 20.4 Å². The fourth-order valence-electron chi connectivity index (χ4n) is 3.50. The van der Waals surface area contributed by atoms with E-state index in [-0.39, 0.29) is 5.91 Å². The van der Waals surface area contributed by atoms with E-state index < -0.39 is 0 Å². The number of benzene rings is 2. The highest BCUT2D eigenvalue weighted by atomic mass is 32.1. The molecule has 0 saturated heterocycles. The molecule has 1 amide bonds. The van der Waals surface area contributed by atoms with Crippen LogP contribution in [0.5, 0.6) is 11.5 Å². The minimum Gasteiger partial charge on any atom is -0.493 e. The molecule has 0 fully saturated rings. The van der Waals surface area contributed by atoms with E-state index in [1.807, 2.05) is 19.1 Å². The maximum absolute atomic E-state index is 13.6. The Kier molecular flexibility index (Phi) is 5.86. The number of anilines is 1. The zero-order valence-corrected chi connectivity index (χ0v) is 18.7. The Balaban J connectivity index is 1.79. The van der Waals surface area contributed by atoms with Gasteiger partial charge in [-0.15, -0.1) is 0 Å². The quantitative estimate of drug-likeness (QED) is 0.420. The van der Waals surface area contributed by atoms with Crippen molar-refractivity contribution in [3.63, 3.8) is 0 Å². The normalized spacial score (nSPS) is 10.8. The first-order chi connectivity index (χ1) is 15.0. The van der Waals surface area contributed by atoms with E-state index in [9.17, 15) is 4.79 Å². The summed E-state index contributed by atoms with van der Waals surface area (Å²) < 4.78 is 11.8. The number of carbonyl (C=O) groups is 1. The van der Waals surface area contributed by atoms with Crippen LogP contribution in [0.25, 0.3) is 10.2 Å². The highest BCUT2D eigenvalue weighted by Gasteiger charge is 2.23. The second-order valence-electron chi connectivity index (χ2n) is 7.25. The Bertz CT molecular complexity index is 1240. The predicted octanol–water partition coefficient (Wildman–Crippen LogP) is 5.17. The van der Waals surface area contributed by atoms with E-state index in [1.165, 1.54) is 16.9 Å². The Labute approximate surface area is 185 Å². The van der Waals surface area contributed by atoms with E-state index >= 15 is 0 Å². The highest BCUT2D eigenvalue weighted by Crippen LogP contribution is 2.34. The SMILES string of the molecule is COc1ccc(C(=O)N(Cc2cccnc2)c2nc3c(C)cc(C)cc3s2)cc1OC. The maximum Gasteiger partial charge on any atom is 0.260 e. The van der Waals surface area contributed by atoms with Crippen LogP contribution in [0.3, 0.4) is 0 Å². The van der Waals surface area contributed by atoms with Gasteiger partial charge in [0, 0.05) is 18.0 Å². The second-order valence-corrected chi connectivity index (χ2v) is 8.26. The Hall–Kier alpha value is -3.45. The second kappa shape index (κ2) is 8.73. The molecule has 0 saturated carbocycles. The van der Waals surface area contributed by atoms with Crippen LogP contribution in [0, 0.1) is 13.8 Å². The molecular weight excluding hydrogens is 410 g/mol. The summed E-state index contributed by atoms with van der Waals surface area (Å²) in [5, 5.41) is 0.646. The number of amides is 1. The monoisotopic (exact) mass is 433 g/mol. The van der Waals surface area contributed by atoms with Gasteiger partial charge in [-0.1, -0.05) is 23.5 Å². The van der Waals surface area contributed by atoms with Gasteiger partial charge in [0.05, 0.1) is 31.0 Å². The van der Waals surface area contributed by atoms with Crippen molar-refractivity contribution in [3.8, 4) is 11.5 Å². The van der Waals surface area contributed by atoms with Gasteiger partial charge < -0.3 is 9.47 Å². The summed E-state index contributed by atoms with van der Waals surface area (Å²) in [5.74, 6) is 0.910. The molecule has 0 aliphatic carbocycles. The average Bonchev–Trinajstić information content (AvgIpc) is 3.21. The van der Waals surface area contributed by atoms with Gasteiger partial charge in [0.15, 0.2) is 16.6 Å². The lowest BCUT2D eigenvalue weighted by atomic mass is 10.1. The van der Waals surface area contributed by atoms with Crippen molar-refractivity contribution in [2.24, 2.45) is 0 Å². The predicted molar refractivity (Wildman–Crippen MR) is 123 cm³/mol. The van der Waals surface area contributed by atoms with E-state index in [0.717, 1.165) is 21.3 Å². The van der Waals surface area contributed by atoms with Crippen molar-refractivity contribution in [1.82, 2.24) is 9.97 Å². The van der Waals surface area contributed by atoms with E-state index in [0.29, 0.717) is 28.7 Å². The smallest absolute Gasteiger partial charge is 0.260 e. The number of fused-ring (bicyclic) bond motifs is 1. The van der Waals surface area contributed by atoms with E-state index in [1.54, 1.807) is 49.7 Å². The van der Waals surface area contributed by atoms with Gasteiger partial charge in [0.25, 0.3) is 5.91 Å². The molecule has 0 aliphatic heterocycles. The molecule has 4 rings (SSSR count). The lowest BCUT2D eigenvalue weighted by Gasteiger charge is -2.20. The Morgan fingerprint density at radius 3 is 2.58 bits per heavy atom. The summed E-state index contributed by atoms with van der Waals surface area (Å²) in [7, 11) is 3.12. The topological polar surface area (TPSA) is 64.5 Å². The van der Waals surface area contributed by atoms with Crippen molar-refractivity contribution in [2.75, 3.05) is 19.1 Å². The van der Waals surface area contributed by atoms with Crippen molar-refractivity contribution in [1.29, 1.82) is 0 Å². The van der Waals surface area contributed by atoms with Crippen LogP contribution < -0.4 is 14.4 Å². The number of hydrogen-bond acceptors (Lipinski definition) is 6. The summed E-state index contributed by atoms with van der Waals surface area (Å²) in [5.41, 5.74) is 4.60. The van der Waals surface area contributed by atoms with Gasteiger partial charge in [-0.2, -0.15) is 0 Å². The van der Waals surface area contributed by atoms with Crippen LogP contribution in [0.1, 0.15) is 27.0 Å². The van der Waals surface area contributed by atoms with Gasteiger partial charge in [-0.05, 0) is 60.9 Å². The largest absolute Gasteiger partial charge is 0.493 e. The minimum absolute atomic E-state index is 0.168. The van der Waals surface area contributed by atoms with Gasteiger partial charge in [0.2, 0.25) is 0 Å². The standard InChI is InChI=1S/C24H23N3O3S/c1-15-10-16(2)22-21(11-15)31-24(26-22)27(14-17-6-5-9-25-13-17)23(28)18-7-8-19(29-3)20(12-18)30-4/h5-13H,14H2,1-4H3. The van der Waals surface area contributed by atoms with E-state index in [4.69, 9.17) is 14.5 Å². The first kappa shape index (κ1) is 20.8. The third-order valence-corrected chi connectivity index (χ3v) is 6.01. The molecule has 2 aromatic carbocycles. The Morgan fingerprint density at radius 1 is 1.06 bits per heavy atom. The number of carbonyl (C=O) groups excluding carboxylic acids is 1. The average molecular weight is 434 g/mol. The molecule has 0 spiro atoms. The number of nitrogens with zero attached hydrogens (tertiary/aromatic N) is 3. The zero-order valence-electron chi connectivity index (χ0n) is 17.9. The van der Waals surface area contributed by atoms with Crippen molar-refractivity contribution >= 4 is 32.6 Å². The number of aryl methyl sites for hydroxylation is 2. The Morgan fingerprint density at radius 2 is 1.87 bits per heavy atom. The fourth-order valence-corrected chi connectivity index (χ4v) is 4.64. The molecule has 158 valence electrons. The minimum atomic E-state index is -0.168. The van der Waals surface area contributed by atoms with Crippen LogP contribution in [-0.2, 0) is 6.54 Å². The third kappa shape index (κ3) is 4.22. The molecule has 4 aromatic rings. The molecular formula is C24H23N3O3S. The molecule has 0 atom stereocenters. The van der Waals surface area contributed by atoms with Crippen LogP contribution in [0.2, 0.25) is 0 Å². The zero-order chi connectivity index (χ0) is 22.0. The number of hydrogen-bond donors (Lipinski definition) is 0. The number of aromatic nitrogens is 2. The highest BCUT2D eigenvalue weighted by molar-refractivity contribution is 7.22. The first-order valence-electron chi connectivity index (χ1n) is 9.80. The van der Waals surface area contributed by atoms with Crippen molar-refractivity contribution < 1.29 is 14.3 Å². The number of ether oxygens (including phenoxy) is 2. The fraction of sp³-hybridized carbons (Fsp3) is 0.208. The summed E-state index contributed by atoms with van der Waals surface area (Å²) >= 11 is 1.51. The molecule has 0 N–H and O–H groups in total. The lowest BCUT2D eigenvalue weighted by molar-refractivity contribution is 0.0984. The van der Waals surface area contributed by atoms with Gasteiger partial charge >= 0.3 is 0 Å². The first-order valence-corrected chi connectivity index (χ1v) is 10.6. The molecule has 0 aliphatic rings. The van der Waals surface area contributed by atoms with Crippen LogP contribution >= 0.6 is 11.3 Å². The van der Waals surface area contributed by atoms with Crippen LogP contribution in [-0.4, -0.2) is 30.1 Å². The number of methoxy groups -OCH3 is 2. The molecule has 2 heterocycles. The molecule has 2 aromatic heterocycles. The molecule has 6 nitrogen and oxygen atoms in total. The van der Waals surface area contributed by atoms with E-state index in [2.05, 4.69) is 24.0 Å². The van der Waals surface area contributed by atoms with Gasteiger partial charge in [0.1, 0.15) is 0 Å². The van der Waals surface area contributed by atoms with Crippen molar-refractivity contribution in [3.05, 3.63) is 77.1 Å². The van der Waals surface area contributed by atoms with Gasteiger partial charge in [-0.3, -0.25) is 14.7 Å².